The Labute approximate surface area is 243 Å². The molecule has 2 aromatic carbocycles. The Balaban J connectivity index is 1.51. The van der Waals surface area contributed by atoms with Crippen molar-refractivity contribution in [1.82, 2.24) is 4.98 Å². The fourth-order valence-electron chi connectivity index (χ4n) is 5.15. The van der Waals surface area contributed by atoms with E-state index in [1.54, 1.807) is 30.4 Å². The van der Waals surface area contributed by atoms with Crippen molar-refractivity contribution < 1.29 is 19.1 Å². The molecule has 8 heteroatoms. The van der Waals surface area contributed by atoms with Crippen molar-refractivity contribution in [3.05, 3.63) is 93.3 Å². The van der Waals surface area contributed by atoms with Gasteiger partial charge in [0, 0.05) is 21.5 Å². The van der Waals surface area contributed by atoms with E-state index in [1.807, 2.05) is 35.7 Å². The van der Waals surface area contributed by atoms with Crippen molar-refractivity contribution in [3.63, 3.8) is 0 Å². The number of nitrogens with zero attached hydrogens (tertiary/aromatic N) is 1. The fourth-order valence-corrected chi connectivity index (χ4v) is 5.83. The van der Waals surface area contributed by atoms with Gasteiger partial charge in [-0.2, -0.15) is 0 Å². The van der Waals surface area contributed by atoms with Crippen LogP contribution < -0.4 is 11.1 Å². The second-order valence-electron chi connectivity index (χ2n) is 11.5. The predicted molar refractivity (Wildman–Crippen MR) is 164 cm³/mol. The number of thiophene rings is 1. The number of allylic oxidation sites excluding steroid dienone is 1. The fraction of sp³-hybridized carbons (Fsp3) is 0.273. The summed E-state index contributed by atoms with van der Waals surface area (Å²) in [5.41, 5.74) is 10.0. The number of carbonyl (C=O) groups is 3. The first-order chi connectivity index (χ1) is 19.5. The third kappa shape index (κ3) is 6.07. The van der Waals surface area contributed by atoms with E-state index in [4.69, 9.17) is 15.5 Å². The first-order valence-corrected chi connectivity index (χ1v) is 14.5. The number of carbonyl (C=O) groups excluding carboxylic acids is 3. The minimum atomic E-state index is -1.07. The number of ether oxygens (including phenoxy) is 1. The highest BCUT2D eigenvalue weighted by Crippen LogP contribution is 2.45. The molecule has 0 aliphatic heterocycles. The summed E-state index contributed by atoms with van der Waals surface area (Å²) in [6.45, 7) is 8.21. The molecule has 1 aliphatic rings. The number of para-hydroxylation sites is 1. The van der Waals surface area contributed by atoms with Crippen LogP contribution in [-0.4, -0.2) is 28.9 Å². The van der Waals surface area contributed by atoms with Crippen molar-refractivity contribution in [1.29, 1.82) is 0 Å². The molecule has 7 nitrogen and oxygen atoms in total. The van der Waals surface area contributed by atoms with Gasteiger partial charge >= 0.3 is 5.97 Å². The number of benzene rings is 2. The Morgan fingerprint density at radius 2 is 1.78 bits per heavy atom. The van der Waals surface area contributed by atoms with Gasteiger partial charge in [-0.3, -0.25) is 9.59 Å². The topological polar surface area (TPSA) is 111 Å². The largest absolute Gasteiger partial charge is 0.449 e. The second kappa shape index (κ2) is 11.3. The Kier molecular flexibility index (Phi) is 7.78. The van der Waals surface area contributed by atoms with Crippen LogP contribution in [0.25, 0.3) is 22.6 Å². The van der Waals surface area contributed by atoms with Gasteiger partial charge in [0.2, 0.25) is 5.91 Å². The van der Waals surface area contributed by atoms with Gasteiger partial charge < -0.3 is 15.8 Å². The summed E-state index contributed by atoms with van der Waals surface area (Å²) in [5.74, 6) is -1.32. The molecule has 1 aliphatic carbocycles. The highest BCUT2D eigenvalue weighted by atomic mass is 32.1. The van der Waals surface area contributed by atoms with E-state index in [0.717, 1.165) is 28.1 Å². The van der Waals surface area contributed by atoms with Crippen LogP contribution in [0.3, 0.4) is 0 Å². The summed E-state index contributed by atoms with van der Waals surface area (Å²) in [5, 5.41) is 5.49. The average Bonchev–Trinajstić information content (AvgIpc) is 3.44. The monoisotopic (exact) mass is 567 g/mol. The van der Waals surface area contributed by atoms with E-state index >= 15 is 0 Å². The zero-order chi connectivity index (χ0) is 29.3. The molecule has 4 aromatic rings. The molecule has 0 fully saturated rings. The predicted octanol–water partition coefficient (Wildman–Crippen LogP) is 6.73. The van der Waals surface area contributed by atoms with E-state index in [9.17, 15) is 14.4 Å². The van der Waals surface area contributed by atoms with E-state index < -0.39 is 23.9 Å². The molecular formula is C33H33N3O4S. The highest BCUT2D eigenvalue weighted by molar-refractivity contribution is 7.10. The highest BCUT2D eigenvalue weighted by Gasteiger charge is 2.36. The van der Waals surface area contributed by atoms with Gasteiger partial charge in [0.15, 0.2) is 6.10 Å². The zero-order valence-corrected chi connectivity index (χ0v) is 24.4. The molecule has 0 saturated heterocycles. The van der Waals surface area contributed by atoms with Crippen molar-refractivity contribution in [3.8, 4) is 0 Å². The summed E-state index contributed by atoms with van der Waals surface area (Å²) < 4.78 is 5.80. The lowest BCUT2D eigenvalue weighted by Crippen LogP contribution is -2.32. The Morgan fingerprint density at radius 3 is 2.44 bits per heavy atom. The van der Waals surface area contributed by atoms with Crippen molar-refractivity contribution >= 4 is 57.4 Å². The van der Waals surface area contributed by atoms with Gasteiger partial charge in [-0.1, -0.05) is 45.0 Å². The molecule has 0 radical (unpaired) electrons. The molecule has 0 saturated carbocycles. The lowest BCUT2D eigenvalue weighted by molar-refractivity contribution is -0.123. The lowest BCUT2D eigenvalue weighted by atomic mass is 9.69. The quantitative estimate of drug-likeness (QED) is 0.251. The van der Waals surface area contributed by atoms with Crippen molar-refractivity contribution in [2.45, 2.75) is 46.6 Å². The van der Waals surface area contributed by atoms with Crippen molar-refractivity contribution in [2.75, 3.05) is 5.32 Å². The van der Waals surface area contributed by atoms with E-state index in [1.165, 1.54) is 12.1 Å². The minimum absolute atomic E-state index is 0.00368. The number of hydrogen-bond acceptors (Lipinski definition) is 6. The molecule has 2 aromatic heterocycles. The maximum atomic E-state index is 13.9. The van der Waals surface area contributed by atoms with Gasteiger partial charge in [0.05, 0.1) is 16.8 Å². The number of hydrogen-bond donors (Lipinski definition) is 2. The van der Waals surface area contributed by atoms with E-state index in [2.05, 4.69) is 38.2 Å². The van der Waals surface area contributed by atoms with E-state index in [-0.39, 0.29) is 11.3 Å². The number of anilines is 1. The Bertz CT molecular complexity index is 1650. The molecule has 2 amide bonds. The number of rotatable bonds is 6. The number of amides is 2. The van der Waals surface area contributed by atoms with Gasteiger partial charge in [-0.05, 0) is 90.1 Å². The number of esters is 1. The van der Waals surface area contributed by atoms with Gasteiger partial charge in [-0.25, -0.2) is 9.78 Å². The van der Waals surface area contributed by atoms with Crippen molar-refractivity contribution in [2.24, 2.45) is 17.1 Å². The first-order valence-electron chi connectivity index (χ1n) is 13.6. The van der Waals surface area contributed by atoms with Crippen LogP contribution in [0.1, 0.15) is 71.0 Å². The van der Waals surface area contributed by atoms with Crippen LogP contribution in [0.15, 0.2) is 66.0 Å². The summed E-state index contributed by atoms with van der Waals surface area (Å²) in [4.78, 5) is 44.4. The molecule has 210 valence electrons. The number of fused-ring (bicyclic) bond motifs is 2. The number of aromatic nitrogens is 1. The molecule has 5 rings (SSSR count). The van der Waals surface area contributed by atoms with Crippen LogP contribution in [-0.2, 0) is 16.0 Å². The first kappa shape index (κ1) is 28.2. The molecule has 0 spiro atoms. The number of nitrogens with one attached hydrogen (secondary N) is 1. The summed E-state index contributed by atoms with van der Waals surface area (Å²) in [7, 11) is 0. The average molecular weight is 568 g/mol. The van der Waals surface area contributed by atoms with Crippen LogP contribution in [0.2, 0.25) is 0 Å². The van der Waals surface area contributed by atoms with Crippen LogP contribution in [0.5, 0.6) is 0 Å². The summed E-state index contributed by atoms with van der Waals surface area (Å²) >= 11 is 1.67. The normalized spacial score (nSPS) is 16.7. The SMILES string of the molecule is CC(OC(=O)c1c2c(nc3ccccc13)C(=Cc1cccs1)CC(C(C)(C)C)C2)C(=O)Nc1ccc(C(N)=O)cc1. The molecule has 0 bridgehead atoms. The van der Waals surface area contributed by atoms with Gasteiger partial charge in [0.1, 0.15) is 0 Å². The number of pyridine rings is 1. The summed E-state index contributed by atoms with van der Waals surface area (Å²) in [6.07, 6.45) is 2.64. The molecule has 3 N–H and O–H groups in total. The lowest BCUT2D eigenvalue weighted by Gasteiger charge is -2.36. The maximum Gasteiger partial charge on any atom is 0.339 e. The van der Waals surface area contributed by atoms with Gasteiger partial charge in [0.25, 0.3) is 5.91 Å². The van der Waals surface area contributed by atoms with Crippen LogP contribution >= 0.6 is 11.3 Å². The molecule has 2 atom stereocenters. The van der Waals surface area contributed by atoms with Crippen LogP contribution in [0.4, 0.5) is 5.69 Å². The smallest absolute Gasteiger partial charge is 0.339 e. The minimum Gasteiger partial charge on any atom is -0.449 e. The Hall–Kier alpha value is -4.30. The zero-order valence-electron chi connectivity index (χ0n) is 23.6. The summed E-state index contributed by atoms with van der Waals surface area (Å²) in [6, 6.07) is 17.9. The Morgan fingerprint density at radius 1 is 1.05 bits per heavy atom. The molecule has 2 heterocycles. The molecule has 2 unspecified atom stereocenters. The standard InChI is InChI=1S/C33H33N3O4S/c1-19(31(38)35-23-13-11-20(12-14-23)30(34)37)40-32(39)28-25-9-5-6-10-27(25)36-29-21(17-24-8-7-15-41-24)16-22(18-26(28)29)33(2,3)4/h5-15,17,19,22H,16,18H2,1-4H3,(H2,34,37)(H,35,38). The number of primary amides is 1. The number of nitrogens with two attached hydrogens (primary N) is 1. The third-order valence-corrected chi connectivity index (χ3v) is 8.41. The van der Waals surface area contributed by atoms with Crippen LogP contribution in [0, 0.1) is 11.3 Å². The molecular weight excluding hydrogens is 534 g/mol. The van der Waals surface area contributed by atoms with Gasteiger partial charge in [-0.15, -0.1) is 11.3 Å². The maximum absolute atomic E-state index is 13.9. The van der Waals surface area contributed by atoms with E-state index in [0.29, 0.717) is 34.1 Å². The third-order valence-electron chi connectivity index (χ3n) is 7.59. The molecule has 41 heavy (non-hydrogen) atoms. The second-order valence-corrected chi connectivity index (χ2v) is 12.4.